The highest BCUT2D eigenvalue weighted by Gasteiger charge is 2.64. The van der Waals surface area contributed by atoms with Gasteiger partial charge in [0.15, 0.2) is 12.3 Å². The Morgan fingerprint density at radius 2 is 1.69 bits per heavy atom. The summed E-state index contributed by atoms with van der Waals surface area (Å²) in [5, 5.41) is 33.2. The molecule has 4 saturated heterocycles. The number of aromatic hydroxyl groups is 1. The van der Waals surface area contributed by atoms with Gasteiger partial charge in [0.1, 0.15) is 54.8 Å². The van der Waals surface area contributed by atoms with Gasteiger partial charge in [-0.1, -0.05) is 33.7 Å². The molecule has 0 aromatic heterocycles. The highest BCUT2D eigenvalue weighted by molar-refractivity contribution is 8.76. The van der Waals surface area contributed by atoms with Crippen molar-refractivity contribution in [2.24, 2.45) is 0 Å². The van der Waals surface area contributed by atoms with Gasteiger partial charge in [-0.3, -0.25) is 19.3 Å². The fourth-order valence-corrected chi connectivity index (χ4v) is 9.04. The monoisotopic (exact) mass is 770 g/mol. The van der Waals surface area contributed by atoms with Crippen molar-refractivity contribution < 1.29 is 67.8 Å². The van der Waals surface area contributed by atoms with Crippen molar-refractivity contribution >= 4 is 75.3 Å². The van der Waals surface area contributed by atoms with Crippen molar-refractivity contribution in [1.82, 2.24) is 20.4 Å². The maximum atomic E-state index is 13.4. The molecule has 1 aromatic rings. The van der Waals surface area contributed by atoms with Crippen molar-refractivity contribution in [2.75, 3.05) is 31.3 Å². The molecule has 51 heavy (non-hydrogen) atoms. The summed E-state index contributed by atoms with van der Waals surface area (Å²) in [4.78, 5) is 88.0. The van der Waals surface area contributed by atoms with Crippen LogP contribution in [0.2, 0.25) is 0 Å². The number of alkyl carbamates (subject to hydrolysis) is 1. The Morgan fingerprint density at radius 1 is 1.02 bits per heavy atom. The Hall–Kier alpha value is -4.50. The van der Waals surface area contributed by atoms with Gasteiger partial charge in [-0.2, -0.15) is 0 Å². The van der Waals surface area contributed by atoms with Crippen molar-refractivity contribution in [3.63, 3.8) is 0 Å². The highest BCUT2D eigenvalue weighted by Crippen LogP contribution is 2.50. The summed E-state index contributed by atoms with van der Waals surface area (Å²) in [6.07, 6.45) is -1.19. The number of phenols is 1. The lowest BCUT2D eigenvalue weighted by Crippen LogP contribution is -2.71. The number of rotatable bonds is 15. The molecule has 4 fully saturated rings. The van der Waals surface area contributed by atoms with Gasteiger partial charge in [-0.15, -0.1) is 11.8 Å². The standard InChI is InChI=1S/C30H34N4O14S3/c1-30(2)22(27(41)42)34-24(38)20(25(34)51-30)31-23(37)19(14-3-5-15(35)6-4-14)32-28(43)45-9-11-49-50-12-10-47-29(44)46-8-7-16-21(26(39)40)33-17(36)13-18(33)48-16/h3-7,18-22,25,35H,8-13H2,1-2H3,(H,31,37)(H,32,43)(H,39,40)(H,41,42)/t18-,19?,20-,21-,22?,25-/m1/s1. The second-order valence-electron chi connectivity index (χ2n) is 11.9. The number of amides is 4. The van der Waals surface area contributed by atoms with E-state index in [1.165, 1.54) is 68.6 Å². The lowest BCUT2D eigenvalue weighted by atomic mass is 9.95. The molecule has 276 valence electrons. The van der Waals surface area contributed by atoms with Crippen LogP contribution in [0.3, 0.4) is 0 Å². The van der Waals surface area contributed by atoms with Crippen molar-refractivity contribution in [1.29, 1.82) is 0 Å². The number of phenolic OH excluding ortho intramolecular Hbond substituents is 1. The number of benzene rings is 1. The van der Waals surface area contributed by atoms with Crippen LogP contribution in [0.5, 0.6) is 5.75 Å². The van der Waals surface area contributed by atoms with E-state index in [1.54, 1.807) is 13.8 Å². The Bertz CT molecular complexity index is 1610. The minimum Gasteiger partial charge on any atom is -0.508 e. The number of carboxylic acids is 2. The summed E-state index contributed by atoms with van der Waals surface area (Å²) >= 11 is 1.26. The molecule has 0 bridgehead atoms. The smallest absolute Gasteiger partial charge is 0.508 e. The third kappa shape index (κ3) is 8.36. The predicted octanol–water partition coefficient (Wildman–Crippen LogP) is 1.25. The van der Waals surface area contributed by atoms with Crippen molar-refractivity contribution in [3.05, 3.63) is 41.7 Å². The molecule has 4 aliphatic heterocycles. The second-order valence-corrected chi connectivity index (χ2v) is 16.3. The zero-order valence-electron chi connectivity index (χ0n) is 27.0. The molecule has 4 heterocycles. The molecule has 21 heteroatoms. The number of aliphatic carboxylic acids is 2. The van der Waals surface area contributed by atoms with Crippen LogP contribution in [0.1, 0.15) is 31.9 Å². The minimum absolute atomic E-state index is 0.00841. The molecule has 0 aliphatic carbocycles. The number of thioether (sulfide) groups is 1. The quantitative estimate of drug-likeness (QED) is 0.0729. The van der Waals surface area contributed by atoms with Gasteiger partial charge < -0.3 is 49.8 Å². The number of ether oxygens (including phenoxy) is 4. The average molecular weight is 771 g/mol. The fraction of sp³-hybridized carbons (Fsp3) is 0.500. The van der Waals surface area contributed by atoms with Gasteiger partial charge in [0.2, 0.25) is 17.7 Å². The molecule has 0 radical (unpaired) electrons. The first-order chi connectivity index (χ1) is 24.2. The van der Waals surface area contributed by atoms with Crippen molar-refractivity contribution in [2.45, 2.75) is 60.8 Å². The van der Waals surface area contributed by atoms with E-state index in [0.717, 1.165) is 4.90 Å². The van der Waals surface area contributed by atoms with Crippen LogP contribution in [0, 0.1) is 0 Å². The molecular weight excluding hydrogens is 737 g/mol. The summed E-state index contributed by atoms with van der Waals surface area (Å²) in [5.74, 6) is -3.38. The molecule has 2 unspecified atom stereocenters. The molecule has 0 saturated carbocycles. The van der Waals surface area contributed by atoms with E-state index in [-0.39, 0.29) is 43.7 Å². The van der Waals surface area contributed by atoms with E-state index >= 15 is 0 Å². The largest absolute Gasteiger partial charge is 0.508 e. The van der Waals surface area contributed by atoms with E-state index < -0.39 is 76.5 Å². The first-order valence-corrected chi connectivity index (χ1v) is 18.8. The van der Waals surface area contributed by atoms with Gasteiger partial charge in [0.25, 0.3) is 0 Å². The molecule has 4 aliphatic rings. The molecular formula is C30H34N4O14S3. The Labute approximate surface area is 302 Å². The normalized spacial score (nSPS) is 25.4. The molecule has 0 spiro atoms. The molecule has 5 rings (SSSR count). The van der Waals surface area contributed by atoms with Crippen LogP contribution in [0.4, 0.5) is 9.59 Å². The van der Waals surface area contributed by atoms with E-state index in [2.05, 4.69) is 10.6 Å². The molecule has 5 N–H and O–H groups in total. The van der Waals surface area contributed by atoms with E-state index in [0.29, 0.717) is 17.1 Å². The highest BCUT2D eigenvalue weighted by atomic mass is 33.1. The van der Waals surface area contributed by atoms with Crippen LogP contribution in [0.25, 0.3) is 0 Å². The Morgan fingerprint density at radius 3 is 2.31 bits per heavy atom. The molecule has 18 nitrogen and oxygen atoms in total. The minimum atomic E-state index is -1.30. The predicted molar refractivity (Wildman–Crippen MR) is 179 cm³/mol. The van der Waals surface area contributed by atoms with E-state index in [1.807, 2.05) is 0 Å². The van der Waals surface area contributed by atoms with Crippen LogP contribution < -0.4 is 10.6 Å². The lowest BCUT2D eigenvalue weighted by molar-refractivity contribution is -0.163. The molecule has 4 amide bonds. The van der Waals surface area contributed by atoms with E-state index in [4.69, 9.17) is 18.9 Å². The van der Waals surface area contributed by atoms with Gasteiger partial charge >= 0.3 is 24.2 Å². The lowest BCUT2D eigenvalue weighted by Gasteiger charge is -2.44. The third-order valence-corrected chi connectivity index (χ3v) is 12.0. The second kappa shape index (κ2) is 15.8. The summed E-state index contributed by atoms with van der Waals surface area (Å²) in [5.41, 5.74) is 0.298. The van der Waals surface area contributed by atoms with Crippen LogP contribution >= 0.6 is 33.3 Å². The summed E-state index contributed by atoms with van der Waals surface area (Å²) in [7, 11) is 2.64. The Balaban J connectivity index is 0.993. The zero-order valence-corrected chi connectivity index (χ0v) is 29.5. The van der Waals surface area contributed by atoms with Crippen LogP contribution in [0.15, 0.2) is 36.1 Å². The average Bonchev–Trinajstić information content (AvgIpc) is 3.51. The topological polar surface area (TPSA) is 248 Å². The number of carbonyl (C=O) groups is 7. The first-order valence-electron chi connectivity index (χ1n) is 15.4. The number of hydrogen-bond donors (Lipinski definition) is 5. The number of nitrogens with one attached hydrogen (secondary N) is 2. The molecule has 1 aromatic carbocycles. The van der Waals surface area contributed by atoms with Crippen LogP contribution in [-0.2, 0) is 42.9 Å². The number of hydrogen-bond acceptors (Lipinski definition) is 15. The Kier molecular flexibility index (Phi) is 11.7. The zero-order chi connectivity index (χ0) is 37.0. The number of carbonyl (C=O) groups excluding carboxylic acids is 5. The summed E-state index contributed by atoms with van der Waals surface area (Å²) in [6.45, 7) is 3.05. The molecule has 6 atom stereocenters. The maximum Gasteiger partial charge on any atom is 0.508 e. The number of fused-ring (bicyclic) bond motifs is 2. The van der Waals surface area contributed by atoms with Gasteiger partial charge in [0, 0.05) is 16.3 Å². The summed E-state index contributed by atoms with van der Waals surface area (Å²) in [6, 6.07) is 0.889. The number of nitrogens with zero attached hydrogens (tertiary/aromatic N) is 2. The maximum absolute atomic E-state index is 13.4. The first kappa shape index (κ1) is 37.7. The number of carboxylic acid groups (broad SMARTS) is 2. The van der Waals surface area contributed by atoms with Gasteiger partial charge in [0.05, 0.1) is 6.42 Å². The van der Waals surface area contributed by atoms with E-state index in [9.17, 15) is 48.9 Å². The summed E-state index contributed by atoms with van der Waals surface area (Å²) < 4.78 is 19.7. The fourth-order valence-electron chi connectivity index (χ4n) is 5.76. The number of β-lactam (4-membered cyclic amide) rings is 2. The van der Waals surface area contributed by atoms with Crippen LogP contribution in [-0.4, -0.2) is 133 Å². The van der Waals surface area contributed by atoms with Crippen molar-refractivity contribution in [3.8, 4) is 5.75 Å². The SMILES string of the molecule is CC1(C)S[C@@H]2[C@H](NC(=O)C(NC(=O)OCCSSCCOC(=O)OCC=C3O[C@@H]4CC(=O)N4[C@H]3C(=O)O)c3ccc(O)cc3)C(=O)N2C1C(=O)O. The third-order valence-electron chi connectivity index (χ3n) is 8.08. The van der Waals surface area contributed by atoms with Gasteiger partial charge in [-0.25, -0.2) is 19.2 Å². The van der Waals surface area contributed by atoms with Gasteiger partial charge in [-0.05, 0) is 37.6 Å².